The minimum atomic E-state index is -3.24. The predicted molar refractivity (Wildman–Crippen MR) is 122 cm³/mol. The molecule has 0 aliphatic carbocycles. The van der Waals surface area contributed by atoms with Crippen LogP contribution < -0.4 is 5.32 Å². The van der Waals surface area contributed by atoms with E-state index in [0.29, 0.717) is 5.13 Å². The van der Waals surface area contributed by atoms with Gasteiger partial charge in [0, 0.05) is 10.9 Å². The summed E-state index contributed by atoms with van der Waals surface area (Å²) in [6.07, 6.45) is 0.148. The van der Waals surface area contributed by atoms with Gasteiger partial charge in [-0.3, -0.25) is 4.79 Å². The van der Waals surface area contributed by atoms with Crippen molar-refractivity contribution < 1.29 is 13.2 Å². The standard InChI is InChI=1S/C23H20N2O3S2/c1-2-30(27,28)18-12-10-16(11-13-18)14-22(26)25-23-24-21(15-29-23)20-9-5-7-17-6-3-4-8-19(17)20/h3-13,15H,2,14H2,1H3,(H,24,25,26). The first-order valence-electron chi connectivity index (χ1n) is 9.51. The molecule has 0 aliphatic heterocycles. The van der Waals surface area contributed by atoms with Gasteiger partial charge in [-0.15, -0.1) is 11.3 Å². The van der Waals surface area contributed by atoms with Crippen molar-refractivity contribution in [2.45, 2.75) is 18.2 Å². The van der Waals surface area contributed by atoms with Gasteiger partial charge in [0.25, 0.3) is 0 Å². The maximum Gasteiger partial charge on any atom is 0.230 e. The van der Waals surface area contributed by atoms with E-state index < -0.39 is 9.84 Å². The van der Waals surface area contributed by atoms with Crippen molar-refractivity contribution in [2.24, 2.45) is 0 Å². The Morgan fingerprint density at radius 2 is 1.73 bits per heavy atom. The zero-order valence-corrected chi connectivity index (χ0v) is 18.0. The molecule has 4 aromatic rings. The maximum absolute atomic E-state index is 12.4. The molecular weight excluding hydrogens is 416 g/mol. The first-order chi connectivity index (χ1) is 14.5. The third-order valence-electron chi connectivity index (χ3n) is 4.84. The Labute approximate surface area is 179 Å². The third-order valence-corrected chi connectivity index (χ3v) is 7.35. The fourth-order valence-corrected chi connectivity index (χ4v) is 4.84. The van der Waals surface area contributed by atoms with Gasteiger partial charge in [-0.25, -0.2) is 13.4 Å². The Kier molecular flexibility index (Phi) is 5.65. The fraction of sp³-hybridized carbons (Fsp3) is 0.130. The Balaban J connectivity index is 1.47. The number of fused-ring (bicyclic) bond motifs is 1. The zero-order chi connectivity index (χ0) is 21.1. The average Bonchev–Trinajstić information content (AvgIpc) is 3.21. The Morgan fingerprint density at radius 3 is 2.50 bits per heavy atom. The molecule has 7 heteroatoms. The second kappa shape index (κ2) is 8.38. The lowest BCUT2D eigenvalue weighted by Crippen LogP contribution is -2.14. The zero-order valence-electron chi connectivity index (χ0n) is 16.3. The molecule has 0 fully saturated rings. The van der Waals surface area contributed by atoms with Crippen molar-refractivity contribution in [3.63, 3.8) is 0 Å². The van der Waals surface area contributed by atoms with E-state index in [9.17, 15) is 13.2 Å². The summed E-state index contributed by atoms with van der Waals surface area (Å²) in [4.78, 5) is 17.3. The average molecular weight is 437 g/mol. The van der Waals surface area contributed by atoms with Crippen molar-refractivity contribution >= 4 is 43.0 Å². The summed E-state index contributed by atoms with van der Waals surface area (Å²) in [7, 11) is -3.24. The van der Waals surface area contributed by atoms with Crippen LogP contribution in [0.5, 0.6) is 0 Å². The second-order valence-corrected chi connectivity index (χ2v) is 9.97. The van der Waals surface area contributed by atoms with Gasteiger partial charge in [0.05, 0.1) is 22.8 Å². The molecule has 0 atom stereocenters. The van der Waals surface area contributed by atoms with Crippen LogP contribution >= 0.6 is 11.3 Å². The SMILES string of the molecule is CCS(=O)(=O)c1ccc(CC(=O)Nc2nc(-c3cccc4ccccc34)cs2)cc1. The molecule has 0 aliphatic rings. The number of nitrogens with zero attached hydrogens (tertiary/aromatic N) is 1. The van der Waals surface area contributed by atoms with Gasteiger partial charge in [-0.1, -0.05) is 61.5 Å². The quantitative estimate of drug-likeness (QED) is 0.465. The van der Waals surface area contributed by atoms with Crippen LogP contribution in [0.15, 0.2) is 77.0 Å². The molecule has 3 aromatic carbocycles. The van der Waals surface area contributed by atoms with Gasteiger partial charge in [0.2, 0.25) is 5.91 Å². The summed E-state index contributed by atoms with van der Waals surface area (Å²) in [6, 6.07) is 20.6. The normalized spacial score (nSPS) is 11.5. The molecule has 0 saturated carbocycles. The van der Waals surface area contributed by atoms with E-state index >= 15 is 0 Å². The number of hydrogen-bond acceptors (Lipinski definition) is 5. The highest BCUT2D eigenvalue weighted by molar-refractivity contribution is 7.91. The molecule has 1 heterocycles. The smallest absolute Gasteiger partial charge is 0.230 e. The lowest BCUT2D eigenvalue weighted by molar-refractivity contribution is -0.115. The molecule has 152 valence electrons. The van der Waals surface area contributed by atoms with Crippen molar-refractivity contribution in [1.82, 2.24) is 4.98 Å². The molecule has 0 saturated heterocycles. The summed E-state index contributed by atoms with van der Waals surface area (Å²) < 4.78 is 23.8. The van der Waals surface area contributed by atoms with Gasteiger partial charge in [0.1, 0.15) is 0 Å². The van der Waals surface area contributed by atoms with E-state index in [0.717, 1.165) is 27.6 Å². The molecule has 5 nitrogen and oxygen atoms in total. The van der Waals surface area contributed by atoms with E-state index in [1.165, 1.54) is 11.3 Å². The van der Waals surface area contributed by atoms with Crippen LogP contribution in [0.1, 0.15) is 12.5 Å². The fourth-order valence-electron chi connectivity index (χ4n) is 3.23. The van der Waals surface area contributed by atoms with E-state index in [2.05, 4.69) is 28.5 Å². The molecule has 1 amide bonds. The Bertz CT molecular complexity index is 1300. The van der Waals surface area contributed by atoms with Crippen molar-refractivity contribution in [3.05, 3.63) is 77.7 Å². The first-order valence-corrected chi connectivity index (χ1v) is 12.0. The van der Waals surface area contributed by atoms with Crippen molar-refractivity contribution in [1.29, 1.82) is 0 Å². The van der Waals surface area contributed by atoms with Crippen LogP contribution in [0.25, 0.3) is 22.0 Å². The molecule has 0 spiro atoms. The largest absolute Gasteiger partial charge is 0.302 e. The number of aromatic nitrogens is 1. The van der Waals surface area contributed by atoms with Gasteiger partial charge in [-0.2, -0.15) is 0 Å². The number of benzene rings is 3. The molecule has 4 rings (SSSR count). The summed E-state index contributed by atoms with van der Waals surface area (Å²) in [5.41, 5.74) is 2.59. The van der Waals surface area contributed by atoms with Crippen LogP contribution in [0.4, 0.5) is 5.13 Å². The van der Waals surface area contributed by atoms with Gasteiger partial charge in [0.15, 0.2) is 15.0 Å². The Hall–Kier alpha value is -3.03. The molecule has 0 unspecified atom stereocenters. The van der Waals surface area contributed by atoms with Crippen molar-refractivity contribution in [2.75, 3.05) is 11.1 Å². The molecule has 1 N–H and O–H groups in total. The minimum absolute atomic E-state index is 0.0515. The number of rotatable bonds is 6. The molecule has 0 radical (unpaired) electrons. The summed E-state index contributed by atoms with van der Waals surface area (Å²) >= 11 is 1.38. The lowest BCUT2D eigenvalue weighted by Gasteiger charge is -2.05. The number of carbonyl (C=O) groups is 1. The molecular formula is C23H20N2O3S2. The lowest BCUT2D eigenvalue weighted by atomic mass is 10.0. The van der Waals surface area contributed by atoms with Crippen LogP contribution in [-0.2, 0) is 21.1 Å². The maximum atomic E-state index is 12.4. The van der Waals surface area contributed by atoms with Gasteiger partial charge in [-0.05, 0) is 28.5 Å². The van der Waals surface area contributed by atoms with Gasteiger partial charge >= 0.3 is 0 Å². The predicted octanol–water partition coefficient (Wildman–Crippen LogP) is 4.94. The number of hydrogen-bond donors (Lipinski definition) is 1. The molecule has 30 heavy (non-hydrogen) atoms. The van der Waals surface area contributed by atoms with E-state index in [1.54, 1.807) is 31.2 Å². The third kappa shape index (κ3) is 4.27. The van der Waals surface area contributed by atoms with Crippen LogP contribution in [-0.4, -0.2) is 25.1 Å². The van der Waals surface area contributed by atoms with E-state index in [1.807, 2.05) is 29.6 Å². The number of thiazole rings is 1. The van der Waals surface area contributed by atoms with Crippen LogP contribution in [0.3, 0.4) is 0 Å². The summed E-state index contributed by atoms with van der Waals surface area (Å²) in [5.74, 6) is -0.143. The summed E-state index contributed by atoms with van der Waals surface area (Å²) in [5, 5.41) is 7.56. The highest BCUT2D eigenvalue weighted by atomic mass is 32.2. The van der Waals surface area contributed by atoms with Gasteiger partial charge < -0.3 is 5.32 Å². The van der Waals surface area contributed by atoms with Crippen molar-refractivity contribution in [3.8, 4) is 11.3 Å². The van der Waals surface area contributed by atoms with E-state index in [4.69, 9.17) is 0 Å². The minimum Gasteiger partial charge on any atom is -0.302 e. The molecule has 1 aromatic heterocycles. The number of amides is 1. The first kappa shape index (κ1) is 20.3. The number of carbonyl (C=O) groups excluding carboxylic acids is 1. The monoisotopic (exact) mass is 436 g/mol. The number of nitrogens with one attached hydrogen (secondary N) is 1. The summed E-state index contributed by atoms with van der Waals surface area (Å²) in [6.45, 7) is 1.61. The highest BCUT2D eigenvalue weighted by Crippen LogP contribution is 2.31. The Morgan fingerprint density at radius 1 is 1.00 bits per heavy atom. The second-order valence-electron chi connectivity index (χ2n) is 6.84. The van der Waals surface area contributed by atoms with E-state index in [-0.39, 0.29) is 23.0 Å². The number of anilines is 1. The highest BCUT2D eigenvalue weighted by Gasteiger charge is 2.13. The van der Waals surface area contributed by atoms with Crippen LogP contribution in [0, 0.1) is 0 Å². The number of sulfone groups is 1. The molecule has 0 bridgehead atoms. The van der Waals surface area contributed by atoms with Crippen LogP contribution in [0.2, 0.25) is 0 Å². The topological polar surface area (TPSA) is 76.1 Å².